The van der Waals surface area contributed by atoms with Crippen LogP contribution in [0.4, 0.5) is 13.6 Å². The van der Waals surface area contributed by atoms with Gasteiger partial charge in [0.05, 0.1) is 11.6 Å². The fourth-order valence-corrected chi connectivity index (χ4v) is 6.28. The fraction of sp³-hybridized carbons (Fsp3) is 0.571. The number of fused-ring (bicyclic) bond motifs is 1. The number of nitrogens with zero attached hydrogens (tertiary/aromatic N) is 3. The Morgan fingerprint density at radius 3 is 2.46 bits per heavy atom. The summed E-state index contributed by atoms with van der Waals surface area (Å²) in [7, 11) is 0. The summed E-state index contributed by atoms with van der Waals surface area (Å²) in [6.45, 7) is 12.8. The average Bonchev–Trinajstić information content (AvgIpc) is 3.40. The lowest BCUT2D eigenvalue weighted by Gasteiger charge is -2.47. The van der Waals surface area contributed by atoms with Gasteiger partial charge in [0, 0.05) is 50.8 Å². The minimum atomic E-state index is -1.11. The molecule has 0 saturated carbocycles. The first kappa shape index (κ1) is 35.5. The number of ether oxygens (including phenoxy) is 5. The molecule has 48 heavy (non-hydrogen) atoms. The van der Waals surface area contributed by atoms with Crippen LogP contribution in [0.2, 0.25) is 0 Å². The van der Waals surface area contributed by atoms with Gasteiger partial charge in [0.15, 0.2) is 12.0 Å². The minimum Gasteiger partial charge on any atom is -0.486 e. The number of likely N-dealkylation sites (tertiary alicyclic amines) is 1. The lowest BCUT2D eigenvalue weighted by atomic mass is 9.96. The molecule has 1 amide bonds. The zero-order valence-electron chi connectivity index (χ0n) is 28.6. The minimum absolute atomic E-state index is 0.00761. The third kappa shape index (κ3) is 8.07. The van der Waals surface area contributed by atoms with E-state index in [0.29, 0.717) is 55.2 Å². The van der Waals surface area contributed by atoms with Crippen LogP contribution in [-0.2, 0) is 18.9 Å². The van der Waals surface area contributed by atoms with E-state index in [9.17, 15) is 19.0 Å². The average molecular weight is 672 g/mol. The van der Waals surface area contributed by atoms with E-state index in [2.05, 4.69) is 5.32 Å². The van der Waals surface area contributed by atoms with Crippen LogP contribution >= 0.6 is 0 Å². The number of amidine groups is 1. The predicted molar refractivity (Wildman–Crippen MR) is 176 cm³/mol. The third-order valence-corrected chi connectivity index (χ3v) is 8.42. The second-order valence-corrected chi connectivity index (χ2v) is 13.2. The van der Waals surface area contributed by atoms with Crippen LogP contribution in [0.15, 0.2) is 36.4 Å². The lowest BCUT2D eigenvalue weighted by Crippen LogP contribution is -2.65. The van der Waals surface area contributed by atoms with Gasteiger partial charge in [0.2, 0.25) is 0 Å². The number of hydrogen-bond acceptors (Lipinski definition) is 8. The Hall–Kier alpha value is -3.81. The standard InChI is InChI=1S/C35H47F2N5O6/c1-7-45-35(46-8-2)14-15-41(33(43)48-34(4,5)6)21-29(35)39-32(38)31-27-20-26(47-22(3)23-17-24(36)19-25(37)18-23)12-13-28(27)42(40-31)30-11-9-10-16-44-30/h12-13,17-20,22,29-30H,7-11,14-16,21H2,1-6H3,(H2,38,39). The number of benzene rings is 2. The Bertz CT molecular complexity index is 1580. The molecule has 0 spiro atoms. The molecular weight excluding hydrogens is 624 g/mol. The second kappa shape index (κ2) is 14.8. The van der Waals surface area contributed by atoms with Crippen molar-refractivity contribution in [1.29, 1.82) is 5.41 Å². The van der Waals surface area contributed by atoms with Crippen molar-refractivity contribution >= 4 is 22.8 Å². The molecule has 11 nitrogen and oxygen atoms in total. The molecular formula is C35H47F2N5O6. The van der Waals surface area contributed by atoms with Crippen LogP contribution in [0, 0.1) is 17.0 Å². The first-order chi connectivity index (χ1) is 22.8. The highest BCUT2D eigenvalue weighted by molar-refractivity contribution is 6.06. The fourth-order valence-electron chi connectivity index (χ4n) is 6.28. The van der Waals surface area contributed by atoms with Gasteiger partial charge in [-0.1, -0.05) is 0 Å². The Kier molecular flexibility index (Phi) is 10.9. The molecule has 2 aromatic carbocycles. The van der Waals surface area contributed by atoms with E-state index in [1.807, 2.05) is 40.7 Å². The van der Waals surface area contributed by atoms with E-state index in [0.717, 1.165) is 30.8 Å². The quantitative estimate of drug-likeness (QED) is 0.137. The van der Waals surface area contributed by atoms with Crippen molar-refractivity contribution in [2.75, 3.05) is 32.9 Å². The monoisotopic (exact) mass is 671 g/mol. The molecule has 13 heteroatoms. The summed E-state index contributed by atoms with van der Waals surface area (Å²) >= 11 is 0. The predicted octanol–water partition coefficient (Wildman–Crippen LogP) is 6.85. The molecule has 2 aliphatic heterocycles. The van der Waals surface area contributed by atoms with Crippen molar-refractivity contribution in [3.8, 4) is 5.75 Å². The topological polar surface area (TPSA) is 120 Å². The van der Waals surface area contributed by atoms with Crippen LogP contribution in [0.25, 0.3) is 10.9 Å². The van der Waals surface area contributed by atoms with Gasteiger partial charge < -0.3 is 33.9 Å². The molecule has 3 unspecified atom stereocenters. The van der Waals surface area contributed by atoms with E-state index in [1.54, 1.807) is 28.6 Å². The largest absolute Gasteiger partial charge is 0.486 e. The Morgan fingerprint density at radius 2 is 1.83 bits per heavy atom. The van der Waals surface area contributed by atoms with E-state index in [4.69, 9.17) is 28.8 Å². The smallest absolute Gasteiger partial charge is 0.410 e. The van der Waals surface area contributed by atoms with Crippen LogP contribution in [0.3, 0.4) is 0 Å². The van der Waals surface area contributed by atoms with Crippen molar-refractivity contribution in [1.82, 2.24) is 20.0 Å². The van der Waals surface area contributed by atoms with Crippen LogP contribution < -0.4 is 10.1 Å². The Morgan fingerprint density at radius 1 is 1.12 bits per heavy atom. The molecule has 1 aromatic heterocycles. The van der Waals surface area contributed by atoms with Crippen LogP contribution in [0.1, 0.15) is 90.8 Å². The highest BCUT2D eigenvalue weighted by atomic mass is 19.1. The molecule has 262 valence electrons. The van der Waals surface area contributed by atoms with Crippen molar-refractivity contribution in [2.45, 2.75) is 97.0 Å². The number of carbonyl (C=O) groups excluding carboxylic acids is 1. The summed E-state index contributed by atoms with van der Waals surface area (Å²) in [5, 5.41) is 18.1. The molecule has 3 aromatic rings. The highest BCUT2D eigenvalue weighted by Crippen LogP contribution is 2.34. The zero-order chi connectivity index (χ0) is 34.6. The van der Waals surface area contributed by atoms with Crippen LogP contribution in [-0.4, -0.2) is 76.9 Å². The summed E-state index contributed by atoms with van der Waals surface area (Å²) < 4.78 is 60.0. The maximum atomic E-state index is 13.9. The van der Waals surface area contributed by atoms with Crippen LogP contribution in [0.5, 0.6) is 5.75 Å². The SMILES string of the molecule is CCOC1(OCC)CCN(C(=O)OC(C)(C)C)CC1NC(=N)c1nn(C2CCCCO2)c2ccc(OC(C)c3cc(F)cc(F)c3)cc12. The van der Waals surface area contributed by atoms with Gasteiger partial charge in [-0.2, -0.15) is 5.10 Å². The van der Waals surface area contributed by atoms with Gasteiger partial charge in [-0.25, -0.2) is 18.3 Å². The van der Waals surface area contributed by atoms with E-state index in [1.165, 1.54) is 12.1 Å². The van der Waals surface area contributed by atoms with Crippen molar-refractivity contribution < 1.29 is 37.3 Å². The number of nitrogens with one attached hydrogen (secondary N) is 2. The summed E-state index contributed by atoms with van der Waals surface area (Å²) in [4.78, 5) is 14.7. The van der Waals surface area contributed by atoms with Gasteiger partial charge in [0.1, 0.15) is 40.6 Å². The van der Waals surface area contributed by atoms with Crippen molar-refractivity contribution in [3.63, 3.8) is 0 Å². The number of piperidine rings is 1. The lowest BCUT2D eigenvalue weighted by molar-refractivity contribution is -0.263. The second-order valence-electron chi connectivity index (χ2n) is 13.2. The molecule has 0 radical (unpaired) electrons. The molecule has 2 N–H and O–H groups in total. The maximum absolute atomic E-state index is 13.9. The summed E-state index contributed by atoms with van der Waals surface area (Å²) in [6.07, 6.45) is 1.64. The third-order valence-electron chi connectivity index (χ3n) is 8.42. The van der Waals surface area contributed by atoms with E-state index >= 15 is 0 Å². The number of amides is 1. The van der Waals surface area contributed by atoms with Gasteiger partial charge in [-0.15, -0.1) is 0 Å². The number of hydrogen-bond donors (Lipinski definition) is 2. The van der Waals surface area contributed by atoms with Gasteiger partial charge in [-0.05, 0) is 96.7 Å². The van der Waals surface area contributed by atoms with Gasteiger partial charge >= 0.3 is 6.09 Å². The molecule has 0 aliphatic carbocycles. The molecule has 3 atom stereocenters. The normalized spacial score (nSPS) is 20.4. The Balaban J connectivity index is 1.49. The first-order valence-corrected chi connectivity index (χ1v) is 16.7. The molecule has 2 saturated heterocycles. The van der Waals surface area contributed by atoms with Gasteiger partial charge in [0.25, 0.3) is 0 Å². The summed E-state index contributed by atoms with van der Waals surface area (Å²) in [5.74, 6) is -2.05. The van der Waals surface area contributed by atoms with Gasteiger partial charge in [-0.3, -0.25) is 5.41 Å². The molecule has 3 heterocycles. The van der Waals surface area contributed by atoms with Crippen molar-refractivity contribution in [3.05, 3.63) is 59.3 Å². The molecule has 0 bridgehead atoms. The van der Waals surface area contributed by atoms with E-state index in [-0.39, 0.29) is 18.6 Å². The molecule has 2 aliphatic rings. The molecule has 5 rings (SSSR count). The maximum Gasteiger partial charge on any atom is 0.410 e. The number of halogens is 2. The Labute approximate surface area is 280 Å². The number of aromatic nitrogens is 2. The molecule has 2 fully saturated rings. The van der Waals surface area contributed by atoms with E-state index < -0.39 is 41.3 Å². The van der Waals surface area contributed by atoms with Crippen molar-refractivity contribution in [2.24, 2.45) is 0 Å². The summed E-state index contributed by atoms with van der Waals surface area (Å²) in [5.41, 5.74) is 0.753. The first-order valence-electron chi connectivity index (χ1n) is 16.7. The number of carbonyl (C=O) groups is 1. The zero-order valence-corrected chi connectivity index (χ0v) is 28.6. The summed E-state index contributed by atoms with van der Waals surface area (Å²) in [6, 6.07) is 8.05. The number of rotatable bonds is 10. The highest BCUT2D eigenvalue weighted by Gasteiger charge is 2.47.